The number of nitrogens with one attached hydrogen (secondary N) is 1. The van der Waals surface area contributed by atoms with Crippen molar-refractivity contribution in [3.63, 3.8) is 0 Å². The van der Waals surface area contributed by atoms with Crippen LogP contribution in [0.3, 0.4) is 0 Å². The number of nitro benzene ring substituents is 1. The average molecular weight is 458 g/mol. The molecule has 0 fully saturated rings. The van der Waals surface area contributed by atoms with E-state index in [2.05, 4.69) is 9.97 Å². The summed E-state index contributed by atoms with van der Waals surface area (Å²) in [5.41, 5.74) is 3.21. The Bertz CT molecular complexity index is 1570. The Morgan fingerprint density at radius 1 is 1.30 bits per heavy atom. The molecule has 3 heterocycles. The number of benzene rings is 2. The van der Waals surface area contributed by atoms with E-state index < -0.39 is 11.5 Å². The number of thiazole rings is 1. The third kappa shape index (κ3) is 3.63. The van der Waals surface area contributed by atoms with E-state index in [1.54, 1.807) is 18.3 Å². The Balaban J connectivity index is 1.61. The number of hydrogen-bond acceptors (Lipinski definition) is 6. The van der Waals surface area contributed by atoms with E-state index in [1.807, 2.05) is 41.8 Å². The molecule has 0 spiro atoms. The van der Waals surface area contributed by atoms with E-state index in [0.29, 0.717) is 22.5 Å². The van der Waals surface area contributed by atoms with Crippen LogP contribution in [0.1, 0.15) is 26.5 Å². The summed E-state index contributed by atoms with van der Waals surface area (Å²) in [5, 5.41) is 21.8. The number of para-hydroxylation sites is 1. The molecule has 2 N–H and O–H groups in total. The summed E-state index contributed by atoms with van der Waals surface area (Å²) in [4.78, 5) is 33.5. The van der Waals surface area contributed by atoms with Crippen molar-refractivity contribution in [3.05, 3.63) is 92.7 Å². The Hall–Kier alpha value is -4.08. The lowest BCUT2D eigenvalue weighted by atomic mass is 10.0. The molecule has 0 saturated heterocycles. The maximum atomic E-state index is 13.0. The highest BCUT2D eigenvalue weighted by atomic mass is 32.1. The molecular weight excluding hydrogens is 440 g/mol. The number of carbonyl (C=O) groups excluding carboxylic acids is 1. The van der Waals surface area contributed by atoms with Crippen LogP contribution >= 0.6 is 11.3 Å². The topological polar surface area (TPSA) is 114 Å². The molecule has 0 aliphatic rings. The highest BCUT2D eigenvalue weighted by Crippen LogP contribution is 2.33. The van der Waals surface area contributed by atoms with Gasteiger partial charge in [-0.25, -0.2) is 4.98 Å². The summed E-state index contributed by atoms with van der Waals surface area (Å²) >= 11 is 1.49. The standard InChI is InChI=1S/C24H18N4O4S/c1-14-12-27-20(8-9-22(30)18-11-25-19-5-3-2-4-17(18)19)23(26-24(27)33-14)15-6-7-16(13-29)21(10-15)28(31)32/h2-12,25,29H,13H2,1H3. The maximum Gasteiger partial charge on any atom is 0.275 e. The number of aromatic nitrogens is 3. The number of allylic oxidation sites excluding steroid dienone is 1. The van der Waals surface area contributed by atoms with Gasteiger partial charge in [0.05, 0.1) is 28.5 Å². The van der Waals surface area contributed by atoms with Gasteiger partial charge in [-0.2, -0.15) is 0 Å². The summed E-state index contributed by atoms with van der Waals surface area (Å²) in [6.45, 7) is 1.53. The second-order valence-corrected chi connectivity index (χ2v) is 8.76. The number of nitro groups is 1. The monoisotopic (exact) mass is 458 g/mol. The first-order chi connectivity index (χ1) is 16.0. The molecule has 0 bridgehead atoms. The molecule has 0 amide bonds. The van der Waals surface area contributed by atoms with Crippen molar-refractivity contribution in [1.82, 2.24) is 14.4 Å². The zero-order valence-electron chi connectivity index (χ0n) is 17.5. The number of hydrogen-bond donors (Lipinski definition) is 2. The Morgan fingerprint density at radius 3 is 2.91 bits per heavy atom. The predicted molar refractivity (Wildman–Crippen MR) is 127 cm³/mol. The number of rotatable bonds is 6. The normalized spacial score (nSPS) is 11.7. The van der Waals surface area contributed by atoms with Gasteiger partial charge in [0.2, 0.25) is 0 Å². The van der Waals surface area contributed by atoms with Crippen LogP contribution in [-0.2, 0) is 6.61 Å². The van der Waals surface area contributed by atoms with E-state index in [9.17, 15) is 20.0 Å². The number of fused-ring (bicyclic) bond motifs is 2. The number of imidazole rings is 1. The number of aromatic amines is 1. The smallest absolute Gasteiger partial charge is 0.275 e. The van der Waals surface area contributed by atoms with Gasteiger partial charge >= 0.3 is 0 Å². The van der Waals surface area contributed by atoms with E-state index in [0.717, 1.165) is 20.7 Å². The Morgan fingerprint density at radius 2 is 2.12 bits per heavy atom. The summed E-state index contributed by atoms with van der Waals surface area (Å²) in [6, 6.07) is 12.2. The van der Waals surface area contributed by atoms with Crippen LogP contribution in [0, 0.1) is 17.0 Å². The molecule has 2 aromatic carbocycles. The van der Waals surface area contributed by atoms with Crippen LogP contribution in [0.2, 0.25) is 0 Å². The molecule has 8 nitrogen and oxygen atoms in total. The highest BCUT2D eigenvalue weighted by Gasteiger charge is 2.20. The number of nitrogens with zero attached hydrogens (tertiary/aromatic N) is 3. The summed E-state index contributed by atoms with van der Waals surface area (Å²) in [5.74, 6) is -0.165. The van der Waals surface area contributed by atoms with Crippen LogP contribution < -0.4 is 0 Å². The van der Waals surface area contributed by atoms with Crippen molar-refractivity contribution in [2.24, 2.45) is 0 Å². The second-order valence-electron chi connectivity index (χ2n) is 7.54. The van der Waals surface area contributed by atoms with Gasteiger partial charge < -0.3 is 10.1 Å². The van der Waals surface area contributed by atoms with E-state index in [1.165, 1.54) is 29.5 Å². The van der Waals surface area contributed by atoms with Crippen LogP contribution in [0.5, 0.6) is 0 Å². The molecule has 0 unspecified atom stereocenters. The van der Waals surface area contributed by atoms with E-state index in [-0.39, 0.29) is 17.0 Å². The quantitative estimate of drug-likeness (QED) is 0.158. The molecule has 5 aromatic rings. The van der Waals surface area contributed by atoms with Gasteiger partial charge in [0.1, 0.15) is 0 Å². The number of aliphatic hydroxyl groups excluding tert-OH is 1. The van der Waals surface area contributed by atoms with Crippen molar-refractivity contribution < 1.29 is 14.8 Å². The lowest BCUT2D eigenvalue weighted by Crippen LogP contribution is -1.97. The fraction of sp³-hybridized carbons (Fsp3) is 0.0833. The van der Waals surface area contributed by atoms with Crippen molar-refractivity contribution in [1.29, 1.82) is 0 Å². The minimum atomic E-state index is -0.520. The summed E-state index contributed by atoms with van der Waals surface area (Å²) < 4.78 is 1.88. The van der Waals surface area contributed by atoms with Gasteiger partial charge in [-0.1, -0.05) is 24.3 Å². The molecule has 9 heteroatoms. The van der Waals surface area contributed by atoms with Crippen molar-refractivity contribution in [2.45, 2.75) is 13.5 Å². The zero-order chi connectivity index (χ0) is 23.1. The molecule has 0 saturated carbocycles. The SMILES string of the molecule is Cc1cn2c(C=CC(=O)c3c[nH]c4ccccc34)c(-c3ccc(CO)c([N+](=O)[O-])c3)nc2s1. The minimum Gasteiger partial charge on any atom is -0.391 e. The lowest BCUT2D eigenvalue weighted by molar-refractivity contribution is -0.385. The Kier molecular flexibility index (Phi) is 5.12. The first-order valence-electron chi connectivity index (χ1n) is 10.1. The van der Waals surface area contributed by atoms with Crippen molar-refractivity contribution >= 4 is 44.7 Å². The van der Waals surface area contributed by atoms with E-state index in [4.69, 9.17) is 0 Å². The number of aryl methyl sites for hydroxylation is 1. The third-order valence-corrected chi connectivity index (χ3v) is 6.35. The molecule has 33 heavy (non-hydrogen) atoms. The zero-order valence-corrected chi connectivity index (χ0v) is 18.3. The van der Waals surface area contributed by atoms with Crippen molar-refractivity contribution in [2.75, 3.05) is 0 Å². The average Bonchev–Trinajstić information content (AvgIpc) is 3.49. The van der Waals surface area contributed by atoms with Gasteiger partial charge in [-0.05, 0) is 31.2 Å². The van der Waals surface area contributed by atoms with E-state index >= 15 is 0 Å². The molecule has 5 rings (SSSR count). The lowest BCUT2D eigenvalue weighted by Gasteiger charge is -2.04. The Labute approximate surface area is 191 Å². The van der Waals surface area contributed by atoms with Gasteiger partial charge in [0.15, 0.2) is 10.7 Å². The minimum absolute atomic E-state index is 0.165. The molecule has 0 aliphatic carbocycles. The third-order valence-electron chi connectivity index (χ3n) is 5.45. The number of H-pyrrole nitrogens is 1. The fourth-order valence-corrected chi connectivity index (χ4v) is 4.71. The fourth-order valence-electron chi connectivity index (χ4n) is 3.88. The first kappa shape index (κ1) is 20.8. The molecule has 164 valence electrons. The molecule has 0 radical (unpaired) electrons. The number of aliphatic hydroxyl groups is 1. The van der Waals surface area contributed by atoms with Crippen LogP contribution in [0.25, 0.3) is 33.2 Å². The first-order valence-corrected chi connectivity index (χ1v) is 10.9. The molecule has 0 aliphatic heterocycles. The second kappa shape index (κ2) is 8.12. The number of ketones is 1. The summed E-state index contributed by atoms with van der Waals surface area (Å²) in [7, 11) is 0. The number of carbonyl (C=O) groups is 1. The van der Waals surface area contributed by atoms with Gasteiger partial charge in [-0.15, -0.1) is 11.3 Å². The molecule has 3 aromatic heterocycles. The van der Waals surface area contributed by atoms with Crippen LogP contribution in [0.4, 0.5) is 5.69 Å². The van der Waals surface area contributed by atoms with Crippen LogP contribution in [0.15, 0.2) is 60.9 Å². The van der Waals surface area contributed by atoms with Crippen LogP contribution in [-0.4, -0.2) is 30.2 Å². The van der Waals surface area contributed by atoms with Gasteiger partial charge in [-0.3, -0.25) is 19.3 Å². The van der Waals surface area contributed by atoms with Gasteiger partial charge in [0.25, 0.3) is 5.69 Å². The largest absolute Gasteiger partial charge is 0.391 e. The predicted octanol–water partition coefficient (Wildman–Crippen LogP) is 5.15. The van der Waals surface area contributed by atoms with Crippen molar-refractivity contribution in [3.8, 4) is 11.3 Å². The van der Waals surface area contributed by atoms with Gasteiger partial charge in [0, 0.05) is 45.4 Å². The molecule has 0 atom stereocenters. The molecular formula is C24H18N4O4S. The highest BCUT2D eigenvalue weighted by molar-refractivity contribution is 7.17. The summed E-state index contributed by atoms with van der Waals surface area (Å²) in [6.07, 6.45) is 6.79. The maximum absolute atomic E-state index is 13.0.